The fourth-order valence-corrected chi connectivity index (χ4v) is 2.25. The standard InChI is InChI=1S/C17H17BrN2O4/c1-11(24-17(22)13-7-14(18)10-19-9-13)16(21)20-8-12-3-5-15(23-2)6-4-12/h3-7,9-11H,8H2,1-2H3,(H,20,21)/t11-/m1/s1. The van der Waals surface area contributed by atoms with E-state index in [1.807, 2.05) is 24.3 Å². The largest absolute Gasteiger partial charge is 0.497 e. The molecule has 0 unspecified atom stereocenters. The van der Waals surface area contributed by atoms with Gasteiger partial charge in [0, 0.05) is 23.4 Å². The average Bonchev–Trinajstić information content (AvgIpc) is 2.60. The van der Waals surface area contributed by atoms with Gasteiger partial charge >= 0.3 is 5.97 Å². The predicted octanol–water partition coefficient (Wildman–Crippen LogP) is 2.71. The molecule has 0 radical (unpaired) electrons. The van der Waals surface area contributed by atoms with Crippen molar-refractivity contribution in [2.24, 2.45) is 0 Å². The quantitative estimate of drug-likeness (QED) is 0.764. The van der Waals surface area contributed by atoms with Crippen LogP contribution in [0.3, 0.4) is 0 Å². The topological polar surface area (TPSA) is 77.5 Å². The SMILES string of the molecule is COc1ccc(CNC(=O)[C@@H](C)OC(=O)c2cncc(Br)c2)cc1. The second-order valence-corrected chi connectivity index (χ2v) is 5.92. The molecule has 1 N–H and O–H groups in total. The maximum Gasteiger partial charge on any atom is 0.340 e. The summed E-state index contributed by atoms with van der Waals surface area (Å²) in [7, 11) is 1.59. The number of hydrogen-bond donors (Lipinski definition) is 1. The summed E-state index contributed by atoms with van der Waals surface area (Å²) in [4.78, 5) is 27.9. The van der Waals surface area contributed by atoms with E-state index in [9.17, 15) is 9.59 Å². The highest BCUT2D eigenvalue weighted by atomic mass is 79.9. The molecule has 24 heavy (non-hydrogen) atoms. The Morgan fingerprint density at radius 2 is 1.96 bits per heavy atom. The second-order valence-electron chi connectivity index (χ2n) is 5.01. The fraction of sp³-hybridized carbons (Fsp3) is 0.235. The van der Waals surface area contributed by atoms with Crippen LogP contribution in [0.2, 0.25) is 0 Å². The van der Waals surface area contributed by atoms with Crippen molar-refractivity contribution in [3.63, 3.8) is 0 Å². The number of benzene rings is 1. The summed E-state index contributed by atoms with van der Waals surface area (Å²) in [5.41, 5.74) is 1.19. The molecule has 1 aromatic heterocycles. The lowest BCUT2D eigenvalue weighted by atomic mass is 10.2. The molecule has 0 fully saturated rings. The highest BCUT2D eigenvalue weighted by molar-refractivity contribution is 9.10. The van der Waals surface area contributed by atoms with Crippen molar-refractivity contribution in [1.82, 2.24) is 10.3 Å². The molecule has 0 bridgehead atoms. The number of nitrogens with one attached hydrogen (secondary N) is 1. The van der Waals surface area contributed by atoms with Crippen LogP contribution >= 0.6 is 15.9 Å². The summed E-state index contributed by atoms with van der Waals surface area (Å²) in [6.45, 7) is 1.86. The molecule has 0 spiro atoms. The lowest BCUT2D eigenvalue weighted by molar-refractivity contribution is -0.129. The maximum absolute atomic E-state index is 12.0. The summed E-state index contributed by atoms with van der Waals surface area (Å²) >= 11 is 3.23. The van der Waals surface area contributed by atoms with Gasteiger partial charge in [-0.15, -0.1) is 0 Å². The fourth-order valence-electron chi connectivity index (χ4n) is 1.88. The summed E-state index contributed by atoms with van der Waals surface area (Å²) in [5, 5.41) is 2.72. The van der Waals surface area contributed by atoms with Crippen molar-refractivity contribution < 1.29 is 19.1 Å². The highest BCUT2D eigenvalue weighted by Crippen LogP contribution is 2.12. The third-order valence-electron chi connectivity index (χ3n) is 3.22. The molecule has 0 saturated carbocycles. The van der Waals surface area contributed by atoms with Crippen LogP contribution in [-0.2, 0) is 16.1 Å². The number of hydrogen-bond acceptors (Lipinski definition) is 5. The first kappa shape index (κ1) is 17.9. The van der Waals surface area contributed by atoms with Crippen LogP contribution < -0.4 is 10.1 Å². The zero-order chi connectivity index (χ0) is 17.5. The van der Waals surface area contributed by atoms with Gasteiger partial charge in [-0.1, -0.05) is 12.1 Å². The lowest BCUT2D eigenvalue weighted by Crippen LogP contribution is -2.35. The minimum Gasteiger partial charge on any atom is -0.497 e. The maximum atomic E-state index is 12.0. The smallest absolute Gasteiger partial charge is 0.340 e. The van der Waals surface area contributed by atoms with E-state index in [0.717, 1.165) is 11.3 Å². The van der Waals surface area contributed by atoms with E-state index in [-0.39, 0.29) is 11.5 Å². The summed E-state index contributed by atoms with van der Waals surface area (Å²) < 4.78 is 10.9. The Bertz CT molecular complexity index is 719. The van der Waals surface area contributed by atoms with Crippen molar-refractivity contribution in [3.05, 3.63) is 58.3 Å². The van der Waals surface area contributed by atoms with E-state index >= 15 is 0 Å². The number of halogens is 1. The van der Waals surface area contributed by atoms with Gasteiger partial charge in [0.25, 0.3) is 5.91 Å². The zero-order valence-electron chi connectivity index (χ0n) is 13.3. The molecular formula is C17H17BrN2O4. The Labute approximate surface area is 148 Å². The molecule has 2 aromatic rings. The van der Waals surface area contributed by atoms with Gasteiger partial charge in [0.15, 0.2) is 6.10 Å². The first-order chi connectivity index (χ1) is 11.5. The molecule has 0 aliphatic rings. The van der Waals surface area contributed by atoms with Gasteiger partial charge in [-0.25, -0.2) is 4.79 Å². The lowest BCUT2D eigenvalue weighted by Gasteiger charge is -2.13. The van der Waals surface area contributed by atoms with Crippen LogP contribution in [-0.4, -0.2) is 30.1 Å². The van der Waals surface area contributed by atoms with Crippen LogP contribution in [0.25, 0.3) is 0 Å². The molecule has 1 atom stereocenters. The normalized spacial score (nSPS) is 11.5. The first-order valence-electron chi connectivity index (χ1n) is 7.22. The highest BCUT2D eigenvalue weighted by Gasteiger charge is 2.19. The minimum absolute atomic E-state index is 0.277. The number of methoxy groups -OCH3 is 1. The van der Waals surface area contributed by atoms with Crippen LogP contribution in [0.4, 0.5) is 0 Å². The van der Waals surface area contributed by atoms with Gasteiger partial charge in [-0.2, -0.15) is 0 Å². The molecule has 2 rings (SSSR count). The number of carbonyl (C=O) groups excluding carboxylic acids is 2. The molecule has 126 valence electrons. The monoisotopic (exact) mass is 392 g/mol. The van der Waals surface area contributed by atoms with Gasteiger partial charge in [-0.3, -0.25) is 9.78 Å². The molecule has 7 heteroatoms. The number of rotatable bonds is 6. The third-order valence-corrected chi connectivity index (χ3v) is 3.65. The number of carbonyl (C=O) groups is 2. The summed E-state index contributed by atoms with van der Waals surface area (Å²) in [6, 6.07) is 8.90. The van der Waals surface area contributed by atoms with Crippen molar-refractivity contribution in [1.29, 1.82) is 0 Å². The van der Waals surface area contributed by atoms with E-state index in [2.05, 4.69) is 26.2 Å². The Kier molecular flexibility index (Phi) is 6.31. The number of pyridine rings is 1. The Hall–Kier alpha value is -2.41. The van der Waals surface area contributed by atoms with E-state index in [1.165, 1.54) is 13.1 Å². The molecule has 6 nitrogen and oxygen atoms in total. The summed E-state index contributed by atoms with van der Waals surface area (Å²) in [5.74, 6) is -0.229. The van der Waals surface area contributed by atoms with Gasteiger partial charge in [0.1, 0.15) is 5.75 Å². The predicted molar refractivity (Wildman–Crippen MR) is 91.7 cm³/mol. The van der Waals surface area contributed by atoms with Crippen molar-refractivity contribution >= 4 is 27.8 Å². The van der Waals surface area contributed by atoms with Crippen LogP contribution in [0.1, 0.15) is 22.8 Å². The van der Waals surface area contributed by atoms with Gasteiger partial charge < -0.3 is 14.8 Å². The Balaban J connectivity index is 1.86. The number of amides is 1. The second kappa shape index (κ2) is 8.44. The number of nitrogens with zero attached hydrogens (tertiary/aromatic N) is 1. The minimum atomic E-state index is -0.908. The zero-order valence-corrected chi connectivity index (χ0v) is 14.9. The first-order valence-corrected chi connectivity index (χ1v) is 8.01. The van der Waals surface area contributed by atoms with Gasteiger partial charge in [0.05, 0.1) is 12.7 Å². The van der Waals surface area contributed by atoms with Crippen molar-refractivity contribution in [3.8, 4) is 5.75 Å². The van der Waals surface area contributed by atoms with Crippen LogP contribution in [0.15, 0.2) is 47.2 Å². The Morgan fingerprint density at radius 1 is 1.25 bits per heavy atom. The van der Waals surface area contributed by atoms with Crippen LogP contribution in [0.5, 0.6) is 5.75 Å². The van der Waals surface area contributed by atoms with E-state index in [4.69, 9.17) is 9.47 Å². The molecule has 1 aromatic carbocycles. The molecule has 0 aliphatic carbocycles. The van der Waals surface area contributed by atoms with Crippen molar-refractivity contribution in [2.75, 3.05) is 7.11 Å². The number of ether oxygens (including phenoxy) is 2. The van der Waals surface area contributed by atoms with E-state index < -0.39 is 12.1 Å². The molecule has 0 aliphatic heterocycles. The van der Waals surface area contributed by atoms with Gasteiger partial charge in [0.2, 0.25) is 0 Å². The third kappa shape index (κ3) is 5.06. The van der Waals surface area contributed by atoms with E-state index in [1.54, 1.807) is 19.4 Å². The van der Waals surface area contributed by atoms with Crippen LogP contribution in [0, 0.1) is 0 Å². The molecule has 1 amide bonds. The van der Waals surface area contributed by atoms with Gasteiger partial charge in [-0.05, 0) is 46.6 Å². The van der Waals surface area contributed by atoms with E-state index in [0.29, 0.717) is 11.0 Å². The molecule has 1 heterocycles. The molecule has 0 saturated heterocycles. The molecular weight excluding hydrogens is 376 g/mol. The number of aromatic nitrogens is 1. The Morgan fingerprint density at radius 3 is 2.58 bits per heavy atom. The van der Waals surface area contributed by atoms with Crippen molar-refractivity contribution in [2.45, 2.75) is 19.6 Å². The number of esters is 1. The summed E-state index contributed by atoms with van der Waals surface area (Å²) in [6.07, 6.45) is 2.03. The average molecular weight is 393 g/mol.